The van der Waals surface area contributed by atoms with Crippen LogP contribution in [-0.4, -0.2) is 26.8 Å². The van der Waals surface area contributed by atoms with Crippen LogP contribution in [0.2, 0.25) is 5.02 Å². The number of carboxylic acid groups (broad SMARTS) is 1. The van der Waals surface area contributed by atoms with Gasteiger partial charge in [0.05, 0.1) is 12.5 Å². The van der Waals surface area contributed by atoms with Gasteiger partial charge in [-0.1, -0.05) is 29.8 Å². The third-order valence-corrected chi connectivity index (χ3v) is 4.42. The number of aromatic nitrogens is 2. The van der Waals surface area contributed by atoms with Crippen LogP contribution in [0.1, 0.15) is 28.5 Å². The summed E-state index contributed by atoms with van der Waals surface area (Å²) in [5, 5.41) is 14.3. The van der Waals surface area contributed by atoms with Gasteiger partial charge in [-0.25, -0.2) is 13.5 Å². The van der Waals surface area contributed by atoms with Crippen molar-refractivity contribution in [3.63, 3.8) is 0 Å². The zero-order valence-electron chi connectivity index (χ0n) is 14.7. The predicted octanol–water partition coefficient (Wildman–Crippen LogP) is 3.04. The minimum absolute atomic E-state index is 0.235. The molecular formula is C19H14ClF2N3O4. The third-order valence-electron chi connectivity index (χ3n) is 4.08. The maximum atomic E-state index is 13.9. The summed E-state index contributed by atoms with van der Waals surface area (Å²) < 4.78 is 27.8. The summed E-state index contributed by atoms with van der Waals surface area (Å²) in [5.74, 6) is -3.79. The van der Waals surface area contributed by atoms with Gasteiger partial charge in [-0.05, 0) is 23.8 Å². The van der Waals surface area contributed by atoms with E-state index in [4.69, 9.17) is 16.7 Å². The number of carboxylic acids is 1. The maximum Gasteiger partial charge on any atom is 0.305 e. The van der Waals surface area contributed by atoms with Gasteiger partial charge < -0.3 is 10.4 Å². The first-order valence-electron chi connectivity index (χ1n) is 8.31. The van der Waals surface area contributed by atoms with Crippen molar-refractivity contribution in [3.05, 3.63) is 86.8 Å². The van der Waals surface area contributed by atoms with Crippen molar-refractivity contribution in [2.45, 2.75) is 12.5 Å². The van der Waals surface area contributed by atoms with Gasteiger partial charge >= 0.3 is 5.97 Å². The van der Waals surface area contributed by atoms with E-state index in [9.17, 15) is 23.2 Å². The third kappa shape index (κ3) is 4.52. The van der Waals surface area contributed by atoms with E-state index in [2.05, 4.69) is 10.4 Å². The highest BCUT2D eigenvalue weighted by atomic mass is 35.5. The Labute approximate surface area is 167 Å². The van der Waals surface area contributed by atoms with E-state index in [0.717, 1.165) is 22.9 Å². The molecule has 29 heavy (non-hydrogen) atoms. The van der Waals surface area contributed by atoms with E-state index in [-0.39, 0.29) is 16.4 Å². The van der Waals surface area contributed by atoms with Gasteiger partial charge in [0.25, 0.3) is 11.5 Å². The quantitative estimate of drug-likeness (QED) is 0.569. The molecule has 3 rings (SSSR count). The molecule has 2 aromatic carbocycles. The molecule has 10 heteroatoms. The molecule has 1 atom stereocenters. The molecule has 3 N–H and O–H groups in total. The zero-order valence-corrected chi connectivity index (χ0v) is 15.4. The fraction of sp³-hybridized carbons (Fsp3) is 0.105. The maximum absolute atomic E-state index is 13.9. The van der Waals surface area contributed by atoms with E-state index in [1.807, 2.05) is 0 Å². The summed E-state index contributed by atoms with van der Waals surface area (Å²) in [7, 11) is 0. The Kier molecular flexibility index (Phi) is 5.79. The van der Waals surface area contributed by atoms with Crippen molar-refractivity contribution < 1.29 is 23.5 Å². The first-order valence-corrected chi connectivity index (χ1v) is 8.68. The van der Waals surface area contributed by atoms with E-state index in [1.165, 1.54) is 0 Å². The van der Waals surface area contributed by atoms with Crippen molar-refractivity contribution in [2.75, 3.05) is 0 Å². The average molecular weight is 422 g/mol. The average Bonchev–Trinajstić information content (AvgIpc) is 3.03. The Morgan fingerprint density at radius 2 is 1.90 bits per heavy atom. The van der Waals surface area contributed by atoms with Crippen LogP contribution in [0.4, 0.5) is 8.78 Å². The van der Waals surface area contributed by atoms with Crippen molar-refractivity contribution in [1.82, 2.24) is 15.1 Å². The number of aliphatic carboxylic acids is 1. The fourth-order valence-corrected chi connectivity index (χ4v) is 3.03. The highest BCUT2D eigenvalue weighted by Gasteiger charge is 2.23. The molecule has 1 amide bonds. The first kappa shape index (κ1) is 20.3. The second-order valence-electron chi connectivity index (χ2n) is 6.08. The molecule has 0 fully saturated rings. The summed E-state index contributed by atoms with van der Waals surface area (Å²) in [6, 6.07) is 8.96. The number of halogens is 3. The van der Waals surface area contributed by atoms with E-state index in [1.54, 1.807) is 24.3 Å². The molecule has 0 bridgehead atoms. The normalized spacial score (nSPS) is 11.8. The van der Waals surface area contributed by atoms with E-state index < -0.39 is 41.5 Å². The molecule has 0 aliphatic heterocycles. The number of nitrogens with zero attached hydrogens (tertiary/aromatic N) is 1. The van der Waals surface area contributed by atoms with Crippen LogP contribution in [0, 0.1) is 11.6 Å². The fourth-order valence-electron chi connectivity index (χ4n) is 2.76. The molecule has 0 aliphatic rings. The number of hydrogen-bond acceptors (Lipinski definition) is 3. The second kappa shape index (κ2) is 8.27. The van der Waals surface area contributed by atoms with Gasteiger partial charge in [0, 0.05) is 17.2 Å². The summed E-state index contributed by atoms with van der Waals surface area (Å²) >= 11 is 6.09. The minimum Gasteiger partial charge on any atom is -0.481 e. The Balaban J connectivity index is 1.90. The number of carbonyl (C=O) groups is 2. The summed E-state index contributed by atoms with van der Waals surface area (Å²) in [4.78, 5) is 35.9. The molecule has 150 valence electrons. The Bertz CT molecular complexity index is 1140. The highest BCUT2D eigenvalue weighted by molar-refractivity contribution is 6.31. The largest absolute Gasteiger partial charge is 0.481 e. The number of nitrogens with one attached hydrogen (secondary N) is 2. The number of H-pyrrole nitrogens is 1. The van der Waals surface area contributed by atoms with Gasteiger partial charge in [-0.2, -0.15) is 0 Å². The molecule has 1 aromatic heterocycles. The van der Waals surface area contributed by atoms with Crippen molar-refractivity contribution in [3.8, 4) is 5.69 Å². The van der Waals surface area contributed by atoms with Crippen LogP contribution < -0.4 is 10.9 Å². The lowest BCUT2D eigenvalue weighted by Gasteiger charge is -2.18. The van der Waals surface area contributed by atoms with Crippen LogP contribution >= 0.6 is 11.6 Å². The summed E-state index contributed by atoms with van der Waals surface area (Å²) in [6.07, 6.45) is -0.451. The van der Waals surface area contributed by atoms with Crippen molar-refractivity contribution >= 4 is 23.5 Å². The minimum atomic E-state index is -1.17. The summed E-state index contributed by atoms with van der Waals surface area (Å²) in [5.41, 5.74) is -0.880. The van der Waals surface area contributed by atoms with E-state index in [0.29, 0.717) is 11.6 Å². The van der Waals surface area contributed by atoms with Gasteiger partial charge in [-0.15, -0.1) is 0 Å². The van der Waals surface area contributed by atoms with Gasteiger partial charge in [0.2, 0.25) is 0 Å². The van der Waals surface area contributed by atoms with Crippen molar-refractivity contribution in [2.24, 2.45) is 0 Å². The van der Waals surface area contributed by atoms with Crippen LogP contribution in [0.5, 0.6) is 0 Å². The molecule has 0 radical (unpaired) electrons. The van der Waals surface area contributed by atoms with Crippen LogP contribution in [0.25, 0.3) is 5.69 Å². The number of amides is 1. The predicted molar refractivity (Wildman–Crippen MR) is 100 cm³/mol. The smallest absolute Gasteiger partial charge is 0.305 e. The zero-order chi connectivity index (χ0) is 21.1. The van der Waals surface area contributed by atoms with Crippen LogP contribution in [0.3, 0.4) is 0 Å². The lowest BCUT2D eigenvalue weighted by molar-refractivity contribution is -0.137. The van der Waals surface area contributed by atoms with Gasteiger partial charge in [-0.3, -0.25) is 19.5 Å². The molecular weight excluding hydrogens is 408 g/mol. The topological polar surface area (TPSA) is 104 Å². The number of rotatable bonds is 6. The second-order valence-corrected chi connectivity index (χ2v) is 6.49. The highest BCUT2D eigenvalue weighted by Crippen LogP contribution is 2.25. The Morgan fingerprint density at radius 3 is 2.55 bits per heavy atom. The molecule has 7 nitrogen and oxygen atoms in total. The number of benzene rings is 2. The molecule has 0 saturated heterocycles. The van der Waals surface area contributed by atoms with Crippen LogP contribution in [-0.2, 0) is 4.79 Å². The monoisotopic (exact) mass is 421 g/mol. The summed E-state index contributed by atoms with van der Waals surface area (Å²) in [6.45, 7) is 0. The molecule has 0 saturated carbocycles. The molecule has 0 aliphatic carbocycles. The lowest BCUT2D eigenvalue weighted by Crippen LogP contribution is -2.30. The molecule has 1 heterocycles. The lowest BCUT2D eigenvalue weighted by atomic mass is 10.0. The Morgan fingerprint density at radius 1 is 1.17 bits per heavy atom. The van der Waals surface area contributed by atoms with Crippen molar-refractivity contribution in [1.29, 1.82) is 0 Å². The molecule has 3 aromatic rings. The van der Waals surface area contributed by atoms with Gasteiger partial charge in [0.15, 0.2) is 5.82 Å². The van der Waals surface area contributed by atoms with Gasteiger partial charge in [0.1, 0.15) is 17.2 Å². The number of aromatic amines is 1. The number of carbonyl (C=O) groups excluding carboxylic acids is 1. The molecule has 0 spiro atoms. The molecule has 0 unspecified atom stereocenters. The van der Waals surface area contributed by atoms with E-state index >= 15 is 0 Å². The first-order chi connectivity index (χ1) is 13.8. The number of hydrogen-bond donors (Lipinski definition) is 3. The SMILES string of the molecule is O=C(O)C[C@H](NC(=O)c1cc(=O)n(-c2ccc(F)cc2F)[nH]1)c1ccccc1Cl. The van der Waals surface area contributed by atoms with Crippen LogP contribution in [0.15, 0.2) is 53.3 Å². The Hall–Kier alpha value is -3.46. The standard InChI is InChI=1S/C19H14ClF2N3O4/c20-12-4-2-1-3-11(12)14(9-18(27)28)23-19(29)15-8-17(26)25(24-15)16-6-5-10(21)7-13(16)22/h1-8,14,24H,9H2,(H,23,29)(H,27,28)/t14-/m0/s1.